The van der Waals surface area contributed by atoms with Gasteiger partial charge in [0.2, 0.25) is 0 Å². The number of nitrogens with zero attached hydrogens (tertiary/aromatic N) is 1. The van der Waals surface area contributed by atoms with Gasteiger partial charge in [-0.05, 0) is 50.7 Å². The van der Waals surface area contributed by atoms with E-state index in [-0.39, 0.29) is 0 Å². The fourth-order valence-electron chi connectivity index (χ4n) is 3.51. The molecule has 2 rings (SSSR count). The Balaban J connectivity index is 1.91. The molecule has 2 aliphatic rings. The van der Waals surface area contributed by atoms with Crippen LogP contribution in [0, 0.1) is 5.41 Å². The third-order valence-electron chi connectivity index (χ3n) is 4.82. The van der Waals surface area contributed by atoms with E-state index in [1.807, 2.05) is 0 Å². The molecule has 0 aromatic carbocycles. The second-order valence-corrected chi connectivity index (χ2v) is 6.72. The molecule has 0 aromatic heterocycles. The molecular formula is C15H30N2. The molecule has 0 aromatic rings. The smallest absolute Gasteiger partial charge is 0.0249 e. The zero-order valence-corrected chi connectivity index (χ0v) is 12.0. The Kier molecular flexibility index (Phi) is 4.48. The highest BCUT2D eigenvalue weighted by atomic mass is 15.2. The quantitative estimate of drug-likeness (QED) is 0.813. The Labute approximate surface area is 107 Å². The maximum Gasteiger partial charge on any atom is 0.0249 e. The van der Waals surface area contributed by atoms with Gasteiger partial charge in [-0.1, -0.05) is 33.6 Å². The lowest BCUT2D eigenvalue weighted by atomic mass is 9.80. The zero-order chi connectivity index (χ0) is 12.3. The van der Waals surface area contributed by atoms with Crippen LogP contribution in [0.3, 0.4) is 0 Å². The van der Waals surface area contributed by atoms with Gasteiger partial charge in [-0.3, -0.25) is 4.90 Å². The molecule has 1 heterocycles. The molecule has 0 amide bonds. The number of piperidine rings is 1. The Hall–Kier alpha value is -0.0800. The third-order valence-corrected chi connectivity index (χ3v) is 4.82. The normalized spacial score (nSPS) is 34.8. The van der Waals surface area contributed by atoms with Crippen LogP contribution in [0.25, 0.3) is 0 Å². The van der Waals surface area contributed by atoms with Crippen molar-refractivity contribution in [2.24, 2.45) is 5.41 Å². The van der Waals surface area contributed by atoms with Crippen molar-refractivity contribution in [2.75, 3.05) is 19.6 Å². The summed E-state index contributed by atoms with van der Waals surface area (Å²) in [4.78, 5) is 2.78. The van der Waals surface area contributed by atoms with Crippen molar-refractivity contribution in [3.63, 3.8) is 0 Å². The van der Waals surface area contributed by atoms with Crippen LogP contribution in [0.15, 0.2) is 0 Å². The van der Waals surface area contributed by atoms with E-state index in [0.29, 0.717) is 5.41 Å². The van der Waals surface area contributed by atoms with E-state index in [4.69, 9.17) is 0 Å². The van der Waals surface area contributed by atoms with Crippen LogP contribution in [-0.4, -0.2) is 36.6 Å². The molecule has 0 bridgehead atoms. The number of likely N-dealkylation sites (N-methyl/N-ethyl adjacent to an activating group) is 1. The van der Waals surface area contributed by atoms with Gasteiger partial charge in [0.05, 0.1) is 0 Å². The van der Waals surface area contributed by atoms with E-state index in [2.05, 4.69) is 31.0 Å². The highest BCUT2D eigenvalue weighted by Gasteiger charge is 2.33. The lowest BCUT2D eigenvalue weighted by Gasteiger charge is -2.45. The van der Waals surface area contributed by atoms with Gasteiger partial charge in [-0.25, -0.2) is 0 Å². The predicted molar refractivity (Wildman–Crippen MR) is 74.3 cm³/mol. The summed E-state index contributed by atoms with van der Waals surface area (Å²) in [5, 5.41) is 3.71. The first-order valence-electron chi connectivity index (χ1n) is 7.60. The second kappa shape index (κ2) is 5.71. The van der Waals surface area contributed by atoms with Crippen LogP contribution in [0.5, 0.6) is 0 Å². The van der Waals surface area contributed by atoms with Crippen molar-refractivity contribution in [3.05, 3.63) is 0 Å². The average Bonchev–Trinajstić information content (AvgIpc) is 2.31. The molecule has 1 saturated heterocycles. The summed E-state index contributed by atoms with van der Waals surface area (Å²) in [6.45, 7) is 10.9. The molecule has 0 spiro atoms. The van der Waals surface area contributed by atoms with Gasteiger partial charge in [0, 0.05) is 12.1 Å². The summed E-state index contributed by atoms with van der Waals surface area (Å²) in [5.41, 5.74) is 0.582. The number of hydrogen-bond donors (Lipinski definition) is 1. The second-order valence-electron chi connectivity index (χ2n) is 6.72. The van der Waals surface area contributed by atoms with Crippen LogP contribution < -0.4 is 5.32 Å². The van der Waals surface area contributed by atoms with Crippen molar-refractivity contribution in [1.82, 2.24) is 10.2 Å². The Morgan fingerprint density at radius 2 is 1.76 bits per heavy atom. The predicted octanol–water partition coefficient (Wildman–Crippen LogP) is 3.03. The van der Waals surface area contributed by atoms with E-state index in [0.717, 1.165) is 18.6 Å². The molecule has 1 N–H and O–H groups in total. The summed E-state index contributed by atoms with van der Waals surface area (Å²) in [7, 11) is 0. The van der Waals surface area contributed by atoms with E-state index < -0.39 is 0 Å². The Bertz CT molecular complexity index is 225. The van der Waals surface area contributed by atoms with Gasteiger partial charge in [-0.2, -0.15) is 0 Å². The van der Waals surface area contributed by atoms with Crippen molar-refractivity contribution >= 4 is 0 Å². The van der Waals surface area contributed by atoms with Crippen LogP contribution in [0.1, 0.15) is 59.3 Å². The van der Waals surface area contributed by atoms with E-state index in [1.54, 1.807) is 0 Å². The van der Waals surface area contributed by atoms with E-state index in [9.17, 15) is 0 Å². The van der Waals surface area contributed by atoms with Gasteiger partial charge in [0.1, 0.15) is 0 Å². The molecule has 2 heteroatoms. The molecule has 2 unspecified atom stereocenters. The molecular weight excluding hydrogens is 208 g/mol. The van der Waals surface area contributed by atoms with Crippen LogP contribution >= 0.6 is 0 Å². The van der Waals surface area contributed by atoms with Gasteiger partial charge in [0.25, 0.3) is 0 Å². The average molecular weight is 238 g/mol. The summed E-state index contributed by atoms with van der Waals surface area (Å²) in [5.74, 6) is 0. The van der Waals surface area contributed by atoms with Gasteiger partial charge < -0.3 is 5.32 Å². The zero-order valence-electron chi connectivity index (χ0n) is 12.0. The highest BCUT2D eigenvalue weighted by molar-refractivity contribution is 4.91. The first-order chi connectivity index (χ1) is 8.12. The van der Waals surface area contributed by atoms with Gasteiger partial charge >= 0.3 is 0 Å². The van der Waals surface area contributed by atoms with Crippen molar-refractivity contribution in [1.29, 1.82) is 0 Å². The minimum Gasteiger partial charge on any atom is -0.313 e. The fourth-order valence-corrected chi connectivity index (χ4v) is 3.51. The van der Waals surface area contributed by atoms with Crippen molar-refractivity contribution in [2.45, 2.75) is 71.4 Å². The number of hydrogen-bond acceptors (Lipinski definition) is 2. The Morgan fingerprint density at radius 3 is 2.41 bits per heavy atom. The Morgan fingerprint density at radius 1 is 1.12 bits per heavy atom. The van der Waals surface area contributed by atoms with E-state index in [1.165, 1.54) is 51.6 Å². The van der Waals surface area contributed by atoms with Crippen LogP contribution in [0.4, 0.5) is 0 Å². The maximum absolute atomic E-state index is 3.71. The molecule has 2 atom stereocenters. The third kappa shape index (κ3) is 3.45. The first kappa shape index (κ1) is 13.4. The minimum atomic E-state index is 0.582. The largest absolute Gasteiger partial charge is 0.313 e. The molecule has 0 radical (unpaired) electrons. The summed E-state index contributed by atoms with van der Waals surface area (Å²) in [6, 6.07) is 1.58. The topological polar surface area (TPSA) is 15.3 Å². The minimum absolute atomic E-state index is 0.582. The summed E-state index contributed by atoms with van der Waals surface area (Å²) in [6.07, 6.45) is 8.42. The lowest BCUT2D eigenvalue weighted by Crippen LogP contribution is -2.54. The summed E-state index contributed by atoms with van der Waals surface area (Å²) < 4.78 is 0. The van der Waals surface area contributed by atoms with Crippen LogP contribution in [0.2, 0.25) is 0 Å². The first-order valence-corrected chi connectivity index (χ1v) is 7.60. The maximum atomic E-state index is 3.71. The van der Waals surface area contributed by atoms with Gasteiger partial charge in [-0.15, -0.1) is 0 Å². The van der Waals surface area contributed by atoms with Gasteiger partial charge in [0.15, 0.2) is 0 Å². The van der Waals surface area contributed by atoms with Crippen molar-refractivity contribution in [3.8, 4) is 0 Å². The number of rotatable bonds is 3. The molecule has 17 heavy (non-hydrogen) atoms. The molecule has 2 fully saturated rings. The SMILES string of the molecule is CCNC1CCCCC1N1CCC(C)(C)CC1. The summed E-state index contributed by atoms with van der Waals surface area (Å²) >= 11 is 0. The molecule has 1 saturated carbocycles. The fraction of sp³-hybridized carbons (Fsp3) is 1.00. The molecule has 2 nitrogen and oxygen atoms in total. The molecule has 100 valence electrons. The highest BCUT2D eigenvalue weighted by Crippen LogP contribution is 2.33. The lowest BCUT2D eigenvalue weighted by molar-refractivity contribution is 0.0588. The number of nitrogens with one attached hydrogen (secondary N) is 1. The number of likely N-dealkylation sites (tertiary alicyclic amines) is 1. The molecule has 1 aliphatic carbocycles. The van der Waals surface area contributed by atoms with Crippen molar-refractivity contribution < 1.29 is 0 Å². The monoisotopic (exact) mass is 238 g/mol. The van der Waals surface area contributed by atoms with Crippen LogP contribution in [-0.2, 0) is 0 Å². The standard InChI is InChI=1S/C15H30N2/c1-4-16-13-7-5-6-8-14(13)17-11-9-15(2,3)10-12-17/h13-14,16H,4-12H2,1-3H3. The molecule has 1 aliphatic heterocycles. The van der Waals surface area contributed by atoms with E-state index >= 15 is 0 Å².